The van der Waals surface area contributed by atoms with Gasteiger partial charge < -0.3 is 38.3 Å². The summed E-state index contributed by atoms with van der Waals surface area (Å²) >= 11 is 12.3. The Bertz CT molecular complexity index is 3480. The minimum atomic E-state index is -1.84. The van der Waals surface area contributed by atoms with Gasteiger partial charge in [-0.3, -0.25) is 38.7 Å². The lowest BCUT2D eigenvalue weighted by Crippen LogP contribution is -2.44. The number of hydrogen-bond donors (Lipinski definition) is 3. The monoisotopic (exact) mass is 1140 g/mol. The number of ether oxygens (including phenoxy) is 2. The van der Waals surface area contributed by atoms with Crippen molar-refractivity contribution >= 4 is 82.9 Å². The molecule has 0 saturated carbocycles. The van der Waals surface area contributed by atoms with Crippen LogP contribution < -0.4 is 20.2 Å². The molecule has 0 spiro atoms. The molecule has 12 rings (SSSR count). The molecule has 6 aliphatic rings. The maximum Gasteiger partial charge on any atom is 0.489 e. The minimum absolute atomic E-state index is 0.0123. The van der Waals surface area contributed by atoms with Gasteiger partial charge in [0.2, 0.25) is 0 Å². The zero-order chi connectivity index (χ0) is 56.7. The lowest BCUT2D eigenvalue weighted by molar-refractivity contribution is -0.143. The van der Waals surface area contributed by atoms with Crippen LogP contribution in [0.1, 0.15) is 134 Å². The van der Waals surface area contributed by atoms with Crippen molar-refractivity contribution in [3.05, 3.63) is 132 Å². The third-order valence-electron chi connectivity index (χ3n) is 15.6. The molecule has 6 aromatic rings. The molecular formula is C55H57BCl2F3N9O10. The van der Waals surface area contributed by atoms with Crippen LogP contribution in [-0.4, -0.2) is 100 Å². The number of aliphatic hydroxyl groups excluding tert-OH is 1. The number of pyridine rings is 3. The van der Waals surface area contributed by atoms with Crippen molar-refractivity contribution in [2.24, 2.45) is 0 Å². The van der Waals surface area contributed by atoms with Crippen LogP contribution >= 0.6 is 23.2 Å². The van der Waals surface area contributed by atoms with Gasteiger partial charge in [0.25, 0.3) is 17.7 Å². The molecule has 420 valence electrons. The molecule has 19 nitrogen and oxygen atoms in total. The van der Waals surface area contributed by atoms with E-state index in [0.29, 0.717) is 101 Å². The first-order chi connectivity index (χ1) is 38.5. The quantitative estimate of drug-likeness (QED) is 0.107. The molecule has 9 heterocycles. The van der Waals surface area contributed by atoms with Gasteiger partial charge in [0.05, 0.1) is 22.2 Å². The summed E-state index contributed by atoms with van der Waals surface area (Å²) < 4.78 is 60.4. The van der Waals surface area contributed by atoms with E-state index in [0.717, 1.165) is 74.9 Å². The molecule has 0 fully saturated rings. The number of halogens is 5. The van der Waals surface area contributed by atoms with E-state index in [1.807, 2.05) is 9.13 Å². The number of amides is 3. The first-order valence-corrected chi connectivity index (χ1v) is 27.4. The summed E-state index contributed by atoms with van der Waals surface area (Å²) in [6.45, 7) is 4.22. The Kier molecular flexibility index (Phi) is 16.6. The first kappa shape index (κ1) is 56.2. The molecule has 25 heteroatoms. The van der Waals surface area contributed by atoms with Gasteiger partial charge in [-0.05, 0) is 101 Å². The van der Waals surface area contributed by atoms with Crippen LogP contribution in [0.3, 0.4) is 0 Å². The Labute approximate surface area is 468 Å². The van der Waals surface area contributed by atoms with E-state index in [4.69, 9.17) is 32.7 Å². The standard InChI is InChI=1S/C19H21BFN3O5.C19H19ClFN3O3.C17H17ClFN3O2/c1-11(25)29-10-13-14(20(27)28)6-7-22-18(13)24-9-8-23-15-5-3-2-4-12(15)16(21)17(23)19(24)26;1-11(25)27-10-13-14(20)6-7-22-18(13)24-9-8-23-15-5-3-2-4-12(15)16(21)17(23)19(24)26;18-12-5-6-20-16(11(12)9-23)22-8-7-21-13-4-2-1-3-10(13)14(19)15(21)17(22)24/h6-7,27-28H,2-5,8-10H2,1H3;6-7H,2-5,8-10H2,1H3;5-6,23H,1-4,7-9H2. The number of aliphatic hydroxyl groups is 1. The van der Waals surface area contributed by atoms with Crippen LogP contribution in [0.25, 0.3) is 0 Å². The lowest BCUT2D eigenvalue weighted by Gasteiger charge is -2.30. The molecule has 0 saturated heterocycles. The fourth-order valence-corrected chi connectivity index (χ4v) is 12.2. The molecular weight excluding hydrogens is 1090 g/mol. The van der Waals surface area contributed by atoms with E-state index in [2.05, 4.69) is 15.0 Å². The van der Waals surface area contributed by atoms with E-state index in [1.165, 1.54) is 53.2 Å². The summed E-state index contributed by atoms with van der Waals surface area (Å²) in [5.41, 5.74) is 6.10. The molecule has 0 atom stereocenters. The van der Waals surface area contributed by atoms with Crippen molar-refractivity contribution in [3.8, 4) is 0 Å². The highest BCUT2D eigenvalue weighted by Crippen LogP contribution is 2.38. The number of esters is 2. The maximum absolute atomic E-state index is 15.1. The molecule has 0 aromatic carbocycles. The predicted molar refractivity (Wildman–Crippen MR) is 288 cm³/mol. The number of nitrogens with zero attached hydrogens (tertiary/aromatic N) is 9. The van der Waals surface area contributed by atoms with E-state index in [1.54, 1.807) is 16.7 Å². The zero-order valence-corrected chi connectivity index (χ0v) is 45.5. The van der Waals surface area contributed by atoms with Crippen molar-refractivity contribution in [2.45, 2.75) is 130 Å². The molecule has 0 unspecified atom stereocenters. The Morgan fingerprint density at radius 3 is 1.25 bits per heavy atom. The summed E-state index contributed by atoms with van der Waals surface area (Å²) in [6.07, 6.45) is 14.4. The van der Waals surface area contributed by atoms with Gasteiger partial charge in [0.1, 0.15) is 47.7 Å². The van der Waals surface area contributed by atoms with Gasteiger partial charge in [-0.1, -0.05) is 23.2 Å². The molecule has 0 bridgehead atoms. The van der Waals surface area contributed by atoms with Gasteiger partial charge in [-0.25, -0.2) is 28.1 Å². The fraction of sp³-hybridized carbons (Fsp3) is 0.418. The molecule has 3 amide bonds. The van der Waals surface area contributed by atoms with Crippen molar-refractivity contribution in [1.29, 1.82) is 0 Å². The van der Waals surface area contributed by atoms with Crippen LogP contribution in [0, 0.1) is 17.5 Å². The Morgan fingerprint density at radius 2 is 0.875 bits per heavy atom. The summed E-state index contributed by atoms with van der Waals surface area (Å²) in [5.74, 6) is -2.96. The highest BCUT2D eigenvalue weighted by Gasteiger charge is 2.40. The van der Waals surface area contributed by atoms with Crippen LogP contribution in [0.15, 0.2) is 36.8 Å². The third-order valence-corrected chi connectivity index (χ3v) is 16.3. The Hall–Kier alpha value is -7.05. The number of hydrogen-bond acceptors (Lipinski definition) is 13. The average molecular weight is 1140 g/mol. The van der Waals surface area contributed by atoms with Crippen LogP contribution in [0.5, 0.6) is 0 Å². The molecule has 0 radical (unpaired) electrons. The van der Waals surface area contributed by atoms with Gasteiger partial charge in [-0.2, -0.15) is 0 Å². The van der Waals surface area contributed by atoms with Gasteiger partial charge in [-0.15, -0.1) is 0 Å². The topological polar surface area (TPSA) is 228 Å². The van der Waals surface area contributed by atoms with Crippen LogP contribution in [0.2, 0.25) is 10.0 Å². The number of fused-ring (bicyclic) bond motifs is 9. The van der Waals surface area contributed by atoms with E-state index < -0.39 is 54.2 Å². The number of anilines is 3. The fourth-order valence-electron chi connectivity index (χ4n) is 11.9. The highest BCUT2D eigenvalue weighted by atomic mass is 35.5. The van der Waals surface area contributed by atoms with Crippen LogP contribution in [-0.2, 0) is 97.0 Å². The largest absolute Gasteiger partial charge is 0.489 e. The Morgan fingerprint density at radius 1 is 0.537 bits per heavy atom. The molecule has 3 N–H and O–H groups in total. The lowest BCUT2D eigenvalue weighted by atomic mass is 9.77. The summed E-state index contributed by atoms with van der Waals surface area (Å²) in [6, 6.07) is 4.51. The predicted octanol–water partition coefficient (Wildman–Crippen LogP) is 6.29. The second-order valence-electron chi connectivity index (χ2n) is 20.2. The molecule has 3 aliphatic heterocycles. The van der Waals surface area contributed by atoms with Crippen molar-refractivity contribution < 1.29 is 61.8 Å². The van der Waals surface area contributed by atoms with Crippen molar-refractivity contribution in [1.82, 2.24) is 28.7 Å². The maximum atomic E-state index is 15.1. The van der Waals surface area contributed by atoms with E-state index in [9.17, 15) is 47.9 Å². The van der Waals surface area contributed by atoms with Gasteiger partial charge >= 0.3 is 19.1 Å². The van der Waals surface area contributed by atoms with Gasteiger partial charge in [0, 0.05) is 117 Å². The third kappa shape index (κ3) is 10.4. The summed E-state index contributed by atoms with van der Waals surface area (Å²) in [5, 5.41) is 29.6. The second kappa shape index (κ2) is 23.6. The number of aromatic nitrogens is 6. The van der Waals surface area contributed by atoms with E-state index in [-0.39, 0.29) is 60.3 Å². The highest BCUT2D eigenvalue weighted by molar-refractivity contribution is 6.59. The number of carbonyl (C=O) groups excluding carboxylic acids is 5. The first-order valence-electron chi connectivity index (χ1n) is 26.6. The second-order valence-corrected chi connectivity index (χ2v) is 21.0. The van der Waals surface area contributed by atoms with E-state index >= 15 is 4.39 Å². The van der Waals surface area contributed by atoms with Crippen LogP contribution in [0.4, 0.5) is 30.6 Å². The summed E-state index contributed by atoms with van der Waals surface area (Å²) in [4.78, 5) is 78.6. The summed E-state index contributed by atoms with van der Waals surface area (Å²) in [7, 11) is -1.84. The SMILES string of the molecule is CC(=O)OCc1c(B(O)O)ccnc1N1CCn2c3c(c(F)c2C1=O)CCCC3.CC(=O)OCc1c(Cl)ccnc1N1CCn2c3c(c(F)c2C1=O)CCCC3.O=C1c2c(F)c3c(n2CCN1c1nccc(Cl)c1CO)CCCC3. The number of rotatable bonds is 9. The normalized spacial score (nSPS) is 16.2. The molecule has 80 heavy (non-hydrogen) atoms. The van der Waals surface area contributed by atoms with Crippen molar-refractivity contribution in [3.63, 3.8) is 0 Å². The Balaban J connectivity index is 0.000000136. The number of carbonyl (C=O) groups is 5. The minimum Gasteiger partial charge on any atom is -0.461 e. The molecule has 3 aliphatic carbocycles. The smallest absolute Gasteiger partial charge is 0.461 e. The molecule has 6 aromatic heterocycles. The average Bonchev–Trinajstić information content (AvgIpc) is 4.05. The van der Waals surface area contributed by atoms with Crippen molar-refractivity contribution in [2.75, 3.05) is 34.3 Å². The van der Waals surface area contributed by atoms with Gasteiger partial charge in [0.15, 0.2) is 17.5 Å². The zero-order valence-electron chi connectivity index (χ0n) is 44.0.